The van der Waals surface area contributed by atoms with Crippen LogP contribution in [0.4, 0.5) is 26.0 Å². The first-order valence-electron chi connectivity index (χ1n) is 27.3. The van der Waals surface area contributed by atoms with Crippen molar-refractivity contribution in [2.75, 3.05) is 61.4 Å². The van der Waals surface area contributed by atoms with Crippen LogP contribution in [0.25, 0.3) is 21.7 Å². The fourth-order valence-electron chi connectivity index (χ4n) is 12.0. The number of hydrogen-bond donors (Lipinski definition) is 4. The summed E-state index contributed by atoms with van der Waals surface area (Å²) >= 11 is 1.45. The lowest BCUT2D eigenvalue weighted by Gasteiger charge is -2.43. The molecule has 5 aliphatic rings. The maximum absolute atomic E-state index is 14.5. The summed E-state index contributed by atoms with van der Waals surface area (Å²) in [5, 5.41) is 36.3. The average molecular weight is 1100 g/mol. The number of hydrogen-bond acceptors (Lipinski definition) is 18. The molecule has 19 nitrogen and oxygen atoms in total. The lowest BCUT2D eigenvalue weighted by Crippen LogP contribution is -2.54. The molecular weight excluding hydrogens is 1040 g/mol. The monoisotopic (exact) mass is 1100 g/mol. The van der Waals surface area contributed by atoms with E-state index in [-0.39, 0.29) is 72.2 Å². The second-order valence-corrected chi connectivity index (χ2v) is 22.7. The number of carbonyl (C=O) groups excluding carboxylic acids is 2. The molecule has 1 aliphatic carbocycles. The van der Waals surface area contributed by atoms with Crippen LogP contribution in [0.1, 0.15) is 87.8 Å². The zero-order chi connectivity index (χ0) is 54.9. The number of nitrogen functional groups attached to an aromatic ring is 1. The van der Waals surface area contributed by atoms with Gasteiger partial charge in [-0.05, 0) is 79.1 Å². The van der Waals surface area contributed by atoms with E-state index in [2.05, 4.69) is 57.5 Å². The molecule has 0 radical (unpaired) electrons. The third-order valence-electron chi connectivity index (χ3n) is 16.2. The van der Waals surface area contributed by atoms with Crippen LogP contribution in [0.3, 0.4) is 0 Å². The van der Waals surface area contributed by atoms with Gasteiger partial charge in [0.2, 0.25) is 17.7 Å². The van der Waals surface area contributed by atoms with Crippen molar-refractivity contribution in [1.29, 1.82) is 0 Å². The predicted octanol–water partition coefficient (Wildman–Crippen LogP) is 7.40. The molecule has 4 aliphatic heterocycles. The first-order chi connectivity index (χ1) is 38.2. The van der Waals surface area contributed by atoms with Gasteiger partial charge in [-0.3, -0.25) is 14.5 Å². The number of nitrogens with zero attached hydrogens (tertiary/aromatic N) is 9. The number of pyridine rings is 1. The molecular formula is C57H67F2N11O8S. The van der Waals surface area contributed by atoms with Gasteiger partial charge in [-0.15, -0.1) is 21.5 Å². The number of anilines is 3. The van der Waals surface area contributed by atoms with Crippen molar-refractivity contribution in [2.24, 2.45) is 5.92 Å². The molecule has 0 spiro atoms. The van der Waals surface area contributed by atoms with Gasteiger partial charge in [-0.25, -0.2) is 18.7 Å². The number of benzene rings is 2. The van der Waals surface area contributed by atoms with E-state index in [1.807, 2.05) is 45.2 Å². The van der Waals surface area contributed by atoms with Gasteiger partial charge >= 0.3 is 0 Å². The Morgan fingerprint density at radius 3 is 2.37 bits per heavy atom. The largest absolute Gasteiger partial charge is 0.507 e. The molecule has 2 unspecified atom stereocenters. The minimum atomic E-state index is -2.93. The van der Waals surface area contributed by atoms with Crippen LogP contribution in [-0.2, 0) is 14.3 Å². The molecule has 4 saturated heterocycles. The van der Waals surface area contributed by atoms with Crippen LogP contribution < -0.4 is 30.3 Å². The number of piperazine rings is 1. The maximum Gasteiger partial charge on any atom is 0.262 e. The average Bonchev–Trinajstić information content (AvgIpc) is 4.24. The van der Waals surface area contributed by atoms with E-state index >= 15 is 0 Å². The van der Waals surface area contributed by atoms with Crippen LogP contribution in [0.5, 0.6) is 17.5 Å². The molecule has 2 bridgehead atoms. The number of aryl methyl sites for hydroxylation is 1. The minimum absolute atomic E-state index is 0.0320. The number of thiazole rings is 1. The number of halogens is 2. The molecule has 4 aromatic heterocycles. The summed E-state index contributed by atoms with van der Waals surface area (Å²) in [7, 11) is 0. The van der Waals surface area contributed by atoms with E-state index in [1.54, 1.807) is 48.0 Å². The van der Waals surface area contributed by atoms with Crippen molar-refractivity contribution in [2.45, 2.75) is 127 Å². The molecule has 1 saturated carbocycles. The summed E-state index contributed by atoms with van der Waals surface area (Å²) in [6, 6.07) is 19.0. The highest BCUT2D eigenvalue weighted by Gasteiger charge is 2.45. The predicted molar refractivity (Wildman–Crippen MR) is 292 cm³/mol. The number of phenols is 1. The third kappa shape index (κ3) is 11.8. The second-order valence-electron chi connectivity index (χ2n) is 21.8. The van der Waals surface area contributed by atoms with Crippen molar-refractivity contribution in [3.8, 4) is 39.2 Å². The maximum atomic E-state index is 14.5. The molecule has 2 amide bonds. The summed E-state index contributed by atoms with van der Waals surface area (Å²) < 4.78 is 53.6. The first-order valence-corrected chi connectivity index (χ1v) is 28.2. The van der Waals surface area contributed by atoms with E-state index in [9.17, 15) is 28.6 Å². The summed E-state index contributed by atoms with van der Waals surface area (Å²) in [4.78, 5) is 46.1. The number of amides is 2. The molecule has 8 heterocycles. The van der Waals surface area contributed by atoms with Crippen molar-refractivity contribution in [1.82, 2.24) is 40.4 Å². The van der Waals surface area contributed by atoms with Gasteiger partial charge in [0.05, 0.1) is 45.8 Å². The van der Waals surface area contributed by atoms with Gasteiger partial charge in [0.25, 0.3) is 12.3 Å². The molecule has 5 fully saturated rings. The number of likely N-dealkylation sites (tertiary alicyclic amines) is 2. The van der Waals surface area contributed by atoms with E-state index < -0.39 is 42.3 Å². The highest BCUT2D eigenvalue weighted by atomic mass is 32.1. The quantitative estimate of drug-likeness (QED) is 0.0619. The number of nitrogens with one attached hydrogen (secondary N) is 1. The zero-order valence-electron chi connectivity index (χ0n) is 44.4. The summed E-state index contributed by atoms with van der Waals surface area (Å²) in [5.41, 5.74) is 13.1. The number of fused-ring (bicyclic) bond motifs is 2. The Hall–Kier alpha value is -7.01. The number of phenolic OH excluding ortho intramolecular Hbond substituents is 1. The Morgan fingerprint density at radius 1 is 0.899 bits per heavy atom. The van der Waals surface area contributed by atoms with Gasteiger partial charge in [-0.1, -0.05) is 50.2 Å². The Morgan fingerprint density at radius 2 is 1.66 bits per heavy atom. The Balaban J connectivity index is 0.608. The van der Waals surface area contributed by atoms with E-state index in [1.165, 1.54) is 16.2 Å². The Bertz CT molecular complexity index is 3070. The van der Waals surface area contributed by atoms with Crippen molar-refractivity contribution in [3.63, 3.8) is 0 Å². The number of nitrogens with two attached hydrogens (primary N) is 1. The number of aromatic nitrogens is 5. The smallest absolute Gasteiger partial charge is 0.262 e. The third-order valence-corrected chi connectivity index (χ3v) is 17.2. The van der Waals surface area contributed by atoms with E-state index in [0.29, 0.717) is 36.1 Å². The van der Waals surface area contributed by atoms with Crippen LogP contribution in [0.2, 0.25) is 0 Å². The van der Waals surface area contributed by atoms with Gasteiger partial charge in [0.15, 0.2) is 11.6 Å². The number of alkyl halides is 2. The molecule has 418 valence electrons. The highest BCUT2D eigenvalue weighted by Crippen LogP contribution is 2.41. The SMILES string of the molecule is Cc1ncsc1-c1ccc([C@@H](NC(=O)[C@@H]2C[C@@H](O)CN2C(=O)[C@@H](c2cc(OCCN3CCC(OC4CC(Oc5cc(N6C7CCC6CN(c6cc(-c8ccccc8O)nnc6N)C7)ccn5)C4)CC3)no2)C(C)C)C(F)F)cc1. The number of aliphatic hydroxyl groups is 1. The van der Waals surface area contributed by atoms with Crippen LogP contribution in [0.15, 0.2) is 89.0 Å². The number of aliphatic hydroxyl groups excluding tert-OH is 1. The molecule has 22 heteroatoms. The van der Waals surface area contributed by atoms with Gasteiger partial charge in [-0.2, -0.15) is 0 Å². The van der Waals surface area contributed by atoms with Gasteiger partial charge < -0.3 is 54.7 Å². The Labute approximate surface area is 461 Å². The van der Waals surface area contributed by atoms with E-state index in [0.717, 1.165) is 92.2 Å². The molecule has 6 atom stereocenters. The first kappa shape index (κ1) is 54.0. The second kappa shape index (κ2) is 23.4. The fourth-order valence-corrected chi connectivity index (χ4v) is 12.8. The van der Waals surface area contributed by atoms with Crippen LogP contribution >= 0.6 is 11.3 Å². The standard InChI is InChI=1S/C57H67F2N11O8S/c1-32(2)51(57(74)69-30-39(71)23-46(69)56(73)63-52(54(58)59)34-8-10-35(11-9-34)53-33(3)62-31-79-53)48-27-50(66-78-48)75-21-20-67-18-15-40(16-19-67)76-41-24-42(25-41)77-49-22-36(14-17-61-49)70-37-12-13-38(70)29-68(28-37)45-26-44(64-65-55(45)60)43-6-4-5-7-47(43)72/h4-11,14,17,22,26-27,31-32,37-42,46,51-52,54,71-72H,12-13,15-16,18-21,23-25,28-30H2,1-3H3,(H2,60,65)(H,63,73)/t37?,38?,39-,41?,42?,46+,51-,52-/m1/s1. The Kier molecular flexibility index (Phi) is 16.0. The highest BCUT2D eigenvalue weighted by molar-refractivity contribution is 7.13. The molecule has 2 aromatic carbocycles. The normalized spacial score (nSPS) is 23.3. The molecule has 6 aromatic rings. The van der Waals surface area contributed by atoms with Gasteiger partial charge in [0, 0.05) is 100 Å². The number of piperidine rings is 1. The molecule has 5 N–H and O–H groups in total. The van der Waals surface area contributed by atoms with Crippen LogP contribution in [-0.4, -0.2) is 152 Å². The lowest BCUT2D eigenvalue weighted by molar-refractivity contribution is -0.141. The zero-order valence-corrected chi connectivity index (χ0v) is 45.3. The summed E-state index contributed by atoms with van der Waals surface area (Å²) in [5.74, 6) is -0.830. The van der Waals surface area contributed by atoms with Crippen molar-refractivity contribution in [3.05, 3.63) is 102 Å². The number of β-amino-alcohol motifs (C(OH)–C–C–N with tert-alkyl or cyclic N) is 1. The number of ether oxygens (including phenoxy) is 3. The van der Waals surface area contributed by atoms with Gasteiger partial charge in [0.1, 0.15) is 36.5 Å². The number of rotatable bonds is 19. The summed E-state index contributed by atoms with van der Waals surface area (Å²) in [6.45, 7) is 9.66. The molecule has 79 heavy (non-hydrogen) atoms. The number of para-hydroxylation sites is 1. The number of aromatic hydroxyl groups is 1. The fraction of sp³-hybridized carbons (Fsp3) is 0.491. The lowest BCUT2D eigenvalue weighted by atomic mass is 9.91. The minimum Gasteiger partial charge on any atom is -0.507 e. The van der Waals surface area contributed by atoms with Crippen LogP contribution in [0, 0.1) is 12.8 Å². The van der Waals surface area contributed by atoms with Crippen molar-refractivity contribution >= 4 is 40.3 Å². The molecule has 11 rings (SSSR count). The van der Waals surface area contributed by atoms with E-state index in [4.69, 9.17) is 24.5 Å². The topological polar surface area (TPSA) is 231 Å². The van der Waals surface area contributed by atoms with Crippen molar-refractivity contribution < 1.29 is 47.3 Å². The number of carbonyl (C=O) groups is 2. The summed E-state index contributed by atoms with van der Waals surface area (Å²) in [6.07, 6.45) is 3.60.